The number of sulfonamides is 1. The first-order chi connectivity index (χ1) is 11.6. The summed E-state index contributed by atoms with van der Waals surface area (Å²) in [4.78, 5) is 0.315. The maximum Gasteiger partial charge on any atom is 0.265 e. The molecular formula is C18H17N2O3S+. The maximum absolute atomic E-state index is 12.9. The van der Waals surface area contributed by atoms with Gasteiger partial charge >= 0.3 is 0 Å². The van der Waals surface area contributed by atoms with E-state index in [1.807, 2.05) is 53.4 Å². The lowest BCUT2D eigenvalue weighted by Gasteiger charge is -2.20. The molecule has 1 aliphatic heterocycles. The van der Waals surface area contributed by atoms with Crippen molar-refractivity contribution in [3.05, 3.63) is 67.0 Å². The van der Waals surface area contributed by atoms with E-state index in [0.717, 1.165) is 10.8 Å². The normalized spacial score (nSPS) is 16.5. The lowest BCUT2D eigenvalue weighted by molar-refractivity contribution is -0.703. The summed E-state index contributed by atoms with van der Waals surface area (Å²) >= 11 is 0. The SMILES string of the molecule is O=S1(=O)c2cccc3cccc(c23)N1CC(O)C[n+]1ccccc1. The van der Waals surface area contributed by atoms with E-state index in [4.69, 9.17) is 0 Å². The molecule has 4 rings (SSSR count). The van der Waals surface area contributed by atoms with Crippen LogP contribution in [0.2, 0.25) is 0 Å². The summed E-state index contributed by atoms with van der Waals surface area (Å²) in [5, 5.41) is 12.0. The van der Waals surface area contributed by atoms with Crippen molar-refractivity contribution in [3.8, 4) is 0 Å². The molecule has 1 atom stereocenters. The summed E-state index contributed by atoms with van der Waals surface area (Å²) in [6, 6.07) is 16.4. The average molecular weight is 341 g/mol. The lowest BCUT2D eigenvalue weighted by atomic mass is 10.1. The number of aromatic nitrogens is 1. The van der Waals surface area contributed by atoms with Gasteiger partial charge in [-0.15, -0.1) is 0 Å². The van der Waals surface area contributed by atoms with Gasteiger partial charge in [0.1, 0.15) is 6.10 Å². The Hall–Kier alpha value is -2.44. The molecule has 0 spiro atoms. The number of hydrogen-bond acceptors (Lipinski definition) is 3. The highest BCUT2D eigenvalue weighted by Crippen LogP contribution is 2.41. The minimum atomic E-state index is -3.62. The fraction of sp³-hybridized carbons (Fsp3) is 0.167. The van der Waals surface area contributed by atoms with Crippen LogP contribution in [0.4, 0.5) is 5.69 Å². The van der Waals surface area contributed by atoms with Crippen LogP contribution in [0.25, 0.3) is 10.8 Å². The van der Waals surface area contributed by atoms with E-state index in [1.165, 1.54) is 4.31 Å². The van der Waals surface area contributed by atoms with E-state index < -0.39 is 16.1 Å². The first kappa shape index (κ1) is 15.1. The van der Waals surface area contributed by atoms with Crippen LogP contribution >= 0.6 is 0 Å². The van der Waals surface area contributed by atoms with Crippen LogP contribution in [0, 0.1) is 0 Å². The Balaban J connectivity index is 1.68. The molecule has 122 valence electrons. The van der Waals surface area contributed by atoms with Gasteiger partial charge in [-0.25, -0.2) is 13.0 Å². The predicted molar refractivity (Wildman–Crippen MR) is 91.1 cm³/mol. The van der Waals surface area contributed by atoms with Crippen molar-refractivity contribution in [1.29, 1.82) is 0 Å². The largest absolute Gasteiger partial charge is 0.385 e. The molecule has 6 heteroatoms. The van der Waals surface area contributed by atoms with Gasteiger partial charge < -0.3 is 5.11 Å². The van der Waals surface area contributed by atoms with Gasteiger partial charge in [-0.2, -0.15) is 0 Å². The maximum atomic E-state index is 12.9. The molecular weight excluding hydrogens is 324 g/mol. The number of rotatable bonds is 4. The number of β-amino-alcohol motifs (C(OH)–C–C–N with tert-alkyl or cyclic N) is 1. The van der Waals surface area contributed by atoms with Gasteiger partial charge in [0.05, 0.1) is 17.1 Å². The Kier molecular flexibility index (Phi) is 3.51. The number of benzene rings is 2. The summed E-state index contributed by atoms with van der Waals surface area (Å²) in [5.74, 6) is 0. The van der Waals surface area contributed by atoms with Crippen LogP contribution in [0.5, 0.6) is 0 Å². The van der Waals surface area contributed by atoms with Gasteiger partial charge in [-0.05, 0) is 17.5 Å². The van der Waals surface area contributed by atoms with Gasteiger partial charge in [-0.1, -0.05) is 30.3 Å². The standard InChI is InChI=1S/C18H17N2O3S/c21-15(12-19-10-2-1-3-11-19)13-20-16-8-4-6-14-7-5-9-17(18(14)16)24(20,22)23/h1-11,15,21H,12-13H2/q+1. The fourth-order valence-electron chi connectivity index (χ4n) is 3.20. The number of aliphatic hydroxyl groups is 1. The zero-order chi connectivity index (χ0) is 16.7. The van der Waals surface area contributed by atoms with E-state index in [9.17, 15) is 13.5 Å². The molecule has 24 heavy (non-hydrogen) atoms. The summed E-state index contributed by atoms with van der Waals surface area (Å²) in [7, 11) is -3.62. The van der Waals surface area contributed by atoms with Crippen LogP contribution in [-0.2, 0) is 16.6 Å². The topological polar surface area (TPSA) is 61.5 Å². The fourth-order valence-corrected chi connectivity index (χ4v) is 4.95. The molecule has 1 N–H and O–H groups in total. The molecule has 1 unspecified atom stereocenters. The monoisotopic (exact) mass is 341 g/mol. The molecule has 1 aromatic heterocycles. The zero-order valence-electron chi connectivity index (χ0n) is 12.9. The molecule has 0 bridgehead atoms. The van der Waals surface area contributed by atoms with Crippen molar-refractivity contribution < 1.29 is 18.1 Å². The zero-order valence-corrected chi connectivity index (χ0v) is 13.7. The molecule has 3 aromatic rings. The third-order valence-electron chi connectivity index (χ3n) is 4.26. The summed E-state index contributed by atoms with van der Waals surface area (Å²) in [5.41, 5.74) is 0.639. The Morgan fingerprint density at radius 2 is 1.71 bits per heavy atom. The van der Waals surface area contributed by atoms with Crippen LogP contribution < -0.4 is 8.87 Å². The Bertz CT molecular complexity index is 998. The molecule has 0 amide bonds. The third kappa shape index (κ3) is 2.35. The van der Waals surface area contributed by atoms with Crippen molar-refractivity contribution >= 4 is 26.5 Å². The van der Waals surface area contributed by atoms with Gasteiger partial charge in [0.15, 0.2) is 18.9 Å². The van der Waals surface area contributed by atoms with E-state index in [-0.39, 0.29) is 6.54 Å². The van der Waals surface area contributed by atoms with Crippen LogP contribution in [0.3, 0.4) is 0 Å². The Morgan fingerprint density at radius 3 is 2.46 bits per heavy atom. The lowest BCUT2D eigenvalue weighted by Crippen LogP contribution is -2.45. The van der Waals surface area contributed by atoms with Gasteiger partial charge in [-0.3, -0.25) is 4.31 Å². The van der Waals surface area contributed by atoms with Crippen LogP contribution in [0.15, 0.2) is 71.9 Å². The van der Waals surface area contributed by atoms with Crippen molar-refractivity contribution in [2.75, 3.05) is 10.8 Å². The quantitative estimate of drug-likeness (QED) is 0.735. The van der Waals surface area contributed by atoms with Gasteiger partial charge in [0.2, 0.25) is 0 Å². The minimum Gasteiger partial charge on any atom is -0.385 e. The van der Waals surface area contributed by atoms with E-state index in [1.54, 1.807) is 18.2 Å². The van der Waals surface area contributed by atoms with E-state index in [2.05, 4.69) is 0 Å². The number of anilines is 1. The molecule has 0 aliphatic carbocycles. The molecule has 2 aromatic carbocycles. The van der Waals surface area contributed by atoms with Gasteiger partial charge in [0.25, 0.3) is 10.0 Å². The molecule has 0 saturated carbocycles. The Morgan fingerprint density at radius 1 is 1.00 bits per heavy atom. The summed E-state index contributed by atoms with van der Waals surface area (Å²) < 4.78 is 28.9. The minimum absolute atomic E-state index is 0.0258. The highest BCUT2D eigenvalue weighted by Gasteiger charge is 2.36. The van der Waals surface area contributed by atoms with Crippen LogP contribution in [-0.4, -0.2) is 26.2 Å². The number of hydrogen-bond donors (Lipinski definition) is 1. The first-order valence-electron chi connectivity index (χ1n) is 7.74. The second-order valence-corrected chi connectivity index (χ2v) is 7.72. The highest BCUT2D eigenvalue weighted by atomic mass is 32.2. The van der Waals surface area contributed by atoms with Gasteiger partial charge in [0, 0.05) is 17.5 Å². The molecule has 0 saturated heterocycles. The number of nitrogens with zero attached hydrogens (tertiary/aromatic N) is 2. The molecule has 2 heterocycles. The smallest absolute Gasteiger partial charge is 0.265 e. The molecule has 0 fully saturated rings. The average Bonchev–Trinajstić information content (AvgIpc) is 2.79. The third-order valence-corrected chi connectivity index (χ3v) is 6.08. The van der Waals surface area contributed by atoms with E-state index in [0.29, 0.717) is 17.1 Å². The summed E-state index contributed by atoms with van der Waals surface area (Å²) in [6.07, 6.45) is 2.88. The van der Waals surface area contributed by atoms with Crippen LogP contribution in [0.1, 0.15) is 0 Å². The second-order valence-electron chi connectivity index (χ2n) is 5.89. The first-order valence-corrected chi connectivity index (χ1v) is 9.18. The highest BCUT2D eigenvalue weighted by molar-refractivity contribution is 7.93. The van der Waals surface area contributed by atoms with Crippen molar-refractivity contribution in [2.24, 2.45) is 0 Å². The van der Waals surface area contributed by atoms with Crippen molar-refractivity contribution in [2.45, 2.75) is 17.5 Å². The predicted octanol–water partition coefficient (Wildman–Crippen LogP) is 1.70. The number of pyridine rings is 1. The van der Waals surface area contributed by atoms with Crippen molar-refractivity contribution in [3.63, 3.8) is 0 Å². The second kappa shape index (κ2) is 5.58. The molecule has 1 aliphatic rings. The molecule has 0 radical (unpaired) electrons. The van der Waals surface area contributed by atoms with Crippen molar-refractivity contribution in [1.82, 2.24) is 0 Å². The number of aliphatic hydroxyl groups excluding tert-OH is 1. The van der Waals surface area contributed by atoms with E-state index >= 15 is 0 Å². The summed E-state index contributed by atoms with van der Waals surface area (Å²) in [6.45, 7) is 0.358. The Labute approximate surface area is 140 Å². The molecule has 5 nitrogen and oxygen atoms in total.